The SMILES string of the molecule is Cc1ccc(Br)c(-c2nc(C)no2)c1. The zero-order valence-corrected chi connectivity index (χ0v) is 9.50. The lowest BCUT2D eigenvalue weighted by Crippen LogP contribution is -1.82. The van der Waals surface area contributed by atoms with E-state index in [1.54, 1.807) is 6.92 Å². The molecular formula is C10H9BrN2O. The van der Waals surface area contributed by atoms with Gasteiger partial charge in [0.05, 0.1) is 5.56 Å². The van der Waals surface area contributed by atoms with Gasteiger partial charge in [-0.1, -0.05) is 16.8 Å². The molecule has 4 heteroatoms. The molecule has 2 aromatic rings. The van der Waals surface area contributed by atoms with Crippen molar-refractivity contribution in [1.82, 2.24) is 10.1 Å². The molecule has 2 rings (SSSR count). The van der Waals surface area contributed by atoms with Crippen LogP contribution in [0.25, 0.3) is 11.5 Å². The molecule has 14 heavy (non-hydrogen) atoms. The van der Waals surface area contributed by atoms with Crippen molar-refractivity contribution in [2.75, 3.05) is 0 Å². The lowest BCUT2D eigenvalue weighted by molar-refractivity contribution is 0.425. The van der Waals surface area contributed by atoms with Crippen molar-refractivity contribution in [1.29, 1.82) is 0 Å². The van der Waals surface area contributed by atoms with E-state index in [2.05, 4.69) is 26.1 Å². The average molecular weight is 253 g/mol. The van der Waals surface area contributed by atoms with Gasteiger partial charge in [-0.15, -0.1) is 0 Å². The lowest BCUT2D eigenvalue weighted by atomic mass is 10.1. The fourth-order valence-electron chi connectivity index (χ4n) is 1.21. The Labute approximate surface area is 90.3 Å². The Morgan fingerprint density at radius 1 is 1.29 bits per heavy atom. The third-order valence-corrected chi connectivity index (χ3v) is 2.57. The minimum absolute atomic E-state index is 0.554. The fraction of sp³-hybridized carbons (Fsp3) is 0.200. The number of benzene rings is 1. The van der Waals surface area contributed by atoms with Gasteiger partial charge in [0.25, 0.3) is 5.89 Å². The minimum atomic E-state index is 0.554. The molecule has 0 spiro atoms. The van der Waals surface area contributed by atoms with Crippen LogP contribution in [0.1, 0.15) is 11.4 Å². The maximum absolute atomic E-state index is 5.10. The summed E-state index contributed by atoms with van der Waals surface area (Å²) in [6.45, 7) is 3.83. The van der Waals surface area contributed by atoms with Gasteiger partial charge in [-0.05, 0) is 41.9 Å². The molecule has 0 atom stereocenters. The summed E-state index contributed by atoms with van der Waals surface area (Å²) in [7, 11) is 0. The largest absolute Gasteiger partial charge is 0.334 e. The second kappa shape index (κ2) is 3.53. The van der Waals surface area contributed by atoms with Crippen molar-refractivity contribution in [2.45, 2.75) is 13.8 Å². The Morgan fingerprint density at radius 2 is 2.07 bits per heavy atom. The molecule has 0 saturated heterocycles. The predicted octanol–water partition coefficient (Wildman–Crippen LogP) is 3.12. The zero-order valence-electron chi connectivity index (χ0n) is 7.91. The first-order valence-corrected chi connectivity index (χ1v) is 5.03. The quantitative estimate of drug-likeness (QED) is 0.783. The van der Waals surface area contributed by atoms with Crippen LogP contribution in [0.5, 0.6) is 0 Å². The van der Waals surface area contributed by atoms with Crippen molar-refractivity contribution in [3.8, 4) is 11.5 Å². The monoisotopic (exact) mass is 252 g/mol. The van der Waals surface area contributed by atoms with Gasteiger partial charge in [-0.25, -0.2) is 0 Å². The van der Waals surface area contributed by atoms with Gasteiger partial charge in [0.1, 0.15) is 0 Å². The molecule has 0 saturated carbocycles. The third-order valence-electron chi connectivity index (χ3n) is 1.88. The molecule has 3 nitrogen and oxygen atoms in total. The van der Waals surface area contributed by atoms with Crippen LogP contribution >= 0.6 is 15.9 Å². The number of rotatable bonds is 1. The number of aryl methyl sites for hydroxylation is 2. The Hall–Kier alpha value is -1.16. The fourth-order valence-corrected chi connectivity index (χ4v) is 1.63. The maximum Gasteiger partial charge on any atom is 0.259 e. The number of aromatic nitrogens is 2. The molecule has 1 aromatic heterocycles. The van der Waals surface area contributed by atoms with E-state index >= 15 is 0 Å². The standard InChI is InChI=1S/C10H9BrN2O/c1-6-3-4-9(11)8(5-6)10-12-7(2)13-14-10/h3-5H,1-2H3. The Kier molecular flexibility index (Phi) is 2.37. The first-order chi connectivity index (χ1) is 6.66. The van der Waals surface area contributed by atoms with E-state index in [0.29, 0.717) is 11.7 Å². The molecule has 1 aromatic carbocycles. The van der Waals surface area contributed by atoms with Crippen LogP contribution < -0.4 is 0 Å². The average Bonchev–Trinajstić information content (AvgIpc) is 2.56. The van der Waals surface area contributed by atoms with Gasteiger partial charge in [0, 0.05) is 4.47 Å². The van der Waals surface area contributed by atoms with E-state index in [1.807, 2.05) is 25.1 Å². The Balaban J connectivity index is 2.55. The maximum atomic E-state index is 5.10. The van der Waals surface area contributed by atoms with Gasteiger partial charge < -0.3 is 4.52 Å². The summed E-state index contributed by atoms with van der Waals surface area (Å²) in [5.74, 6) is 1.20. The molecule has 0 N–H and O–H groups in total. The number of halogens is 1. The van der Waals surface area contributed by atoms with Crippen LogP contribution in [0.2, 0.25) is 0 Å². The second-order valence-electron chi connectivity index (χ2n) is 3.13. The molecule has 0 aliphatic carbocycles. The van der Waals surface area contributed by atoms with Crippen LogP contribution in [-0.4, -0.2) is 10.1 Å². The Bertz CT molecular complexity index is 465. The van der Waals surface area contributed by atoms with Gasteiger partial charge in [-0.3, -0.25) is 0 Å². The summed E-state index contributed by atoms with van der Waals surface area (Å²) >= 11 is 3.45. The summed E-state index contributed by atoms with van der Waals surface area (Å²) in [5, 5.41) is 3.76. The summed E-state index contributed by atoms with van der Waals surface area (Å²) in [5.41, 5.74) is 2.10. The normalized spacial score (nSPS) is 10.5. The van der Waals surface area contributed by atoms with Gasteiger partial charge in [0.2, 0.25) is 0 Å². The van der Waals surface area contributed by atoms with Crippen LogP contribution in [-0.2, 0) is 0 Å². The minimum Gasteiger partial charge on any atom is -0.334 e. The molecule has 0 radical (unpaired) electrons. The van der Waals surface area contributed by atoms with Crippen molar-refractivity contribution in [3.63, 3.8) is 0 Å². The zero-order chi connectivity index (χ0) is 10.1. The molecule has 0 aliphatic rings. The highest BCUT2D eigenvalue weighted by molar-refractivity contribution is 9.10. The summed E-state index contributed by atoms with van der Waals surface area (Å²) in [6, 6.07) is 6.01. The summed E-state index contributed by atoms with van der Waals surface area (Å²) in [6.07, 6.45) is 0. The first kappa shape index (κ1) is 9.40. The van der Waals surface area contributed by atoms with Crippen LogP contribution in [0, 0.1) is 13.8 Å². The molecule has 1 heterocycles. The van der Waals surface area contributed by atoms with Crippen LogP contribution in [0.4, 0.5) is 0 Å². The smallest absolute Gasteiger partial charge is 0.259 e. The molecular weight excluding hydrogens is 244 g/mol. The van der Waals surface area contributed by atoms with Crippen LogP contribution in [0.3, 0.4) is 0 Å². The Morgan fingerprint density at radius 3 is 2.71 bits per heavy atom. The third kappa shape index (κ3) is 1.70. The van der Waals surface area contributed by atoms with E-state index in [9.17, 15) is 0 Å². The first-order valence-electron chi connectivity index (χ1n) is 4.23. The number of nitrogens with zero attached hydrogens (tertiary/aromatic N) is 2. The van der Waals surface area contributed by atoms with Gasteiger partial charge in [-0.2, -0.15) is 4.98 Å². The van der Waals surface area contributed by atoms with E-state index in [1.165, 1.54) is 5.56 Å². The molecule has 0 unspecified atom stereocenters. The molecule has 0 fully saturated rings. The van der Waals surface area contributed by atoms with Crippen molar-refractivity contribution >= 4 is 15.9 Å². The molecule has 0 bridgehead atoms. The highest BCUT2D eigenvalue weighted by Crippen LogP contribution is 2.27. The molecule has 0 aliphatic heterocycles. The van der Waals surface area contributed by atoms with E-state index in [-0.39, 0.29) is 0 Å². The topological polar surface area (TPSA) is 38.9 Å². The number of hydrogen-bond donors (Lipinski definition) is 0. The van der Waals surface area contributed by atoms with E-state index in [0.717, 1.165) is 10.0 Å². The van der Waals surface area contributed by atoms with Crippen molar-refractivity contribution in [3.05, 3.63) is 34.1 Å². The summed E-state index contributed by atoms with van der Waals surface area (Å²) < 4.78 is 6.06. The summed E-state index contributed by atoms with van der Waals surface area (Å²) in [4.78, 5) is 4.18. The van der Waals surface area contributed by atoms with Gasteiger partial charge in [0.15, 0.2) is 5.82 Å². The second-order valence-corrected chi connectivity index (χ2v) is 3.98. The molecule has 0 amide bonds. The lowest BCUT2D eigenvalue weighted by Gasteiger charge is -1.99. The highest BCUT2D eigenvalue weighted by atomic mass is 79.9. The van der Waals surface area contributed by atoms with Crippen LogP contribution in [0.15, 0.2) is 27.2 Å². The van der Waals surface area contributed by atoms with Crippen molar-refractivity contribution < 1.29 is 4.52 Å². The predicted molar refractivity (Wildman–Crippen MR) is 56.9 cm³/mol. The van der Waals surface area contributed by atoms with Crippen molar-refractivity contribution in [2.24, 2.45) is 0 Å². The highest BCUT2D eigenvalue weighted by Gasteiger charge is 2.09. The van der Waals surface area contributed by atoms with E-state index < -0.39 is 0 Å². The van der Waals surface area contributed by atoms with E-state index in [4.69, 9.17) is 4.52 Å². The van der Waals surface area contributed by atoms with Gasteiger partial charge >= 0.3 is 0 Å². The number of hydrogen-bond acceptors (Lipinski definition) is 3. The molecule has 72 valence electrons.